The van der Waals surface area contributed by atoms with Crippen LogP contribution in [0.15, 0.2) is 51.8 Å². The number of rotatable bonds is 7. The number of esters is 1. The molecule has 0 aromatic heterocycles. The van der Waals surface area contributed by atoms with Gasteiger partial charge in [-0.2, -0.15) is 0 Å². The van der Waals surface area contributed by atoms with Gasteiger partial charge in [-0.25, -0.2) is 4.79 Å². The summed E-state index contributed by atoms with van der Waals surface area (Å²) in [5.74, 6) is 1.32. The van der Waals surface area contributed by atoms with Crippen LogP contribution in [0.2, 0.25) is 0 Å². The largest absolute Gasteiger partial charge is 0.465 e. The Balaban J connectivity index is 1.51. The number of halogens is 2. The highest BCUT2D eigenvalue weighted by molar-refractivity contribution is 9.11. The first kappa shape index (κ1) is 22.6. The number of allylic oxidation sites excluding steroid dienone is 1. The number of carbonyl (C=O) groups is 1. The third-order valence-corrected chi connectivity index (χ3v) is 7.78. The van der Waals surface area contributed by atoms with Gasteiger partial charge in [0.15, 0.2) is 0 Å². The van der Waals surface area contributed by atoms with Gasteiger partial charge in [-0.3, -0.25) is 4.39 Å². The van der Waals surface area contributed by atoms with Crippen LogP contribution < -0.4 is 0 Å². The fourth-order valence-electron chi connectivity index (χ4n) is 4.34. The van der Waals surface area contributed by atoms with E-state index in [2.05, 4.69) is 45.1 Å². The van der Waals surface area contributed by atoms with Crippen LogP contribution in [0.5, 0.6) is 0 Å². The monoisotopic (exact) mass is 503 g/mol. The predicted octanol–water partition coefficient (Wildman–Crippen LogP) is 5.96. The molecular weight excluding hydrogens is 477 g/mol. The van der Waals surface area contributed by atoms with Gasteiger partial charge in [0.2, 0.25) is 0 Å². The van der Waals surface area contributed by atoms with Crippen molar-refractivity contribution in [1.29, 1.82) is 0 Å². The van der Waals surface area contributed by atoms with Crippen LogP contribution in [0, 0.1) is 5.92 Å². The first-order valence-corrected chi connectivity index (χ1v) is 12.5. The molecule has 0 radical (unpaired) electrons. The summed E-state index contributed by atoms with van der Waals surface area (Å²) in [5, 5.41) is 0. The quantitative estimate of drug-likeness (QED) is 0.436. The summed E-state index contributed by atoms with van der Waals surface area (Å²) in [6.45, 7) is 2.81. The molecule has 2 heterocycles. The molecule has 2 aromatic carbocycles. The van der Waals surface area contributed by atoms with Crippen molar-refractivity contribution in [3.8, 4) is 0 Å². The number of thioether (sulfide) groups is 1. The summed E-state index contributed by atoms with van der Waals surface area (Å²) < 4.78 is 18.4. The van der Waals surface area contributed by atoms with Crippen LogP contribution in [0.25, 0.3) is 5.57 Å². The highest BCUT2D eigenvalue weighted by atomic mass is 79.9. The van der Waals surface area contributed by atoms with E-state index in [0.29, 0.717) is 17.9 Å². The number of alkyl halides is 1. The zero-order chi connectivity index (χ0) is 21.8. The normalized spacial score (nSPS) is 17.1. The molecule has 0 bridgehead atoms. The van der Waals surface area contributed by atoms with Crippen molar-refractivity contribution in [2.24, 2.45) is 5.92 Å². The van der Waals surface area contributed by atoms with E-state index in [1.54, 1.807) is 11.8 Å². The second kappa shape index (κ2) is 10.3. The highest BCUT2D eigenvalue weighted by Gasteiger charge is 2.26. The third-order valence-electron chi connectivity index (χ3n) is 5.93. The maximum absolute atomic E-state index is 12.3. The lowest BCUT2D eigenvalue weighted by Crippen LogP contribution is -2.47. The Bertz CT molecular complexity index is 970. The van der Waals surface area contributed by atoms with Crippen molar-refractivity contribution >= 4 is 39.2 Å². The second-order valence-electron chi connectivity index (χ2n) is 8.15. The molecule has 1 saturated heterocycles. The third kappa shape index (κ3) is 5.24. The van der Waals surface area contributed by atoms with Gasteiger partial charge >= 0.3 is 5.97 Å². The Morgan fingerprint density at radius 2 is 2.00 bits per heavy atom. The molecule has 31 heavy (non-hydrogen) atoms. The number of ether oxygens (including phenoxy) is 1. The summed E-state index contributed by atoms with van der Waals surface area (Å²) in [4.78, 5) is 15.4. The van der Waals surface area contributed by atoms with E-state index in [4.69, 9.17) is 4.74 Å². The molecule has 164 valence electrons. The number of hydrogen-bond acceptors (Lipinski definition) is 4. The Morgan fingerprint density at radius 1 is 1.23 bits per heavy atom. The predicted molar refractivity (Wildman–Crippen MR) is 129 cm³/mol. The molecule has 0 aliphatic carbocycles. The zero-order valence-corrected chi connectivity index (χ0v) is 20.1. The van der Waals surface area contributed by atoms with Gasteiger partial charge < -0.3 is 9.64 Å². The van der Waals surface area contributed by atoms with Crippen molar-refractivity contribution < 1.29 is 13.9 Å². The number of hydrogen-bond donors (Lipinski definition) is 0. The standard InChI is InChI=1S/C25H27BrFNO2S/c1-30-25(29)20-7-8-21-23(14-20)31-12-9-22(26)24(21)19-5-3-17(4-6-19)13-18-15-28(16-18)11-2-10-27/h3-8,14,18H,2,9-13,15-16H2,1H3. The Labute approximate surface area is 196 Å². The number of methoxy groups -OCH3 is 1. The fourth-order valence-corrected chi connectivity index (χ4v) is 6.30. The van der Waals surface area contributed by atoms with E-state index in [1.807, 2.05) is 18.2 Å². The topological polar surface area (TPSA) is 29.5 Å². The van der Waals surface area contributed by atoms with Gasteiger partial charge in [0.1, 0.15) is 0 Å². The SMILES string of the molecule is COC(=O)c1ccc2c(c1)SCCC(Br)=C2c1ccc(CC2CN(CCCF)C2)cc1. The van der Waals surface area contributed by atoms with Crippen LogP contribution in [-0.4, -0.2) is 50.0 Å². The Morgan fingerprint density at radius 3 is 2.71 bits per heavy atom. The summed E-state index contributed by atoms with van der Waals surface area (Å²) in [7, 11) is 1.41. The minimum atomic E-state index is -0.305. The lowest BCUT2D eigenvalue weighted by atomic mass is 9.90. The molecular formula is C25H27BrFNO2S. The van der Waals surface area contributed by atoms with E-state index < -0.39 is 0 Å². The highest BCUT2D eigenvalue weighted by Crippen LogP contribution is 2.41. The number of nitrogens with zero attached hydrogens (tertiary/aromatic N) is 1. The van der Waals surface area contributed by atoms with Crippen molar-refractivity contribution in [2.75, 3.05) is 39.2 Å². The first-order chi connectivity index (χ1) is 15.1. The van der Waals surface area contributed by atoms with E-state index in [0.717, 1.165) is 48.7 Å². The van der Waals surface area contributed by atoms with Gasteiger partial charge in [0, 0.05) is 40.3 Å². The molecule has 6 heteroatoms. The molecule has 0 saturated carbocycles. The van der Waals surface area contributed by atoms with E-state index in [9.17, 15) is 9.18 Å². The lowest BCUT2D eigenvalue weighted by molar-refractivity contribution is 0.0600. The van der Waals surface area contributed by atoms with Gasteiger partial charge in [-0.15, -0.1) is 11.8 Å². The maximum Gasteiger partial charge on any atom is 0.337 e. The number of benzene rings is 2. The summed E-state index contributed by atoms with van der Waals surface area (Å²) in [6.07, 6.45) is 2.66. The molecule has 4 rings (SSSR count). The smallest absolute Gasteiger partial charge is 0.337 e. The second-order valence-corrected chi connectivity index (χ2v) is 10.2. The minimum absolute atomic E-state index is 0.223. The first-order valence-electron chi connectivity index (χ1n) is 10.7. The number of likely N-dealkylation sites (tertiary alicyclic amines) is 1. The van der Waals surface area contributed by atoms with Crippen LogP contribution in [0.1, 0.15) is 39.9 Å². The molecule has 0 N–H and O–H groups in total. The molecule has 2 aliphatic heterocycles. The van der Waals surface area contributed by atoms with Gasteiger partial charge in [0.25, 0.3) is 0 Å². The number of carbonyl (C=O) groups excluding carboxylic acids is 1. The van der Waals surface area contributed by atoms with E-state index in [-0.39, 0.29) is 12.6 Å². The van der Waals surface area contributed by atoms with Gasteiger partial charge in [-0.1, -0.05) is 46.3 Å². The molecule has 0 amide bonds. The van der Waals surface area contributed by atoms with Crippen LogP contribution in [0.4, 0.5) is 4.39 Å². The van der Waals surface area contributed by atoms with Gasteiger partial charge in [-0.05, 0) is 54.0 Å². The summed E-state index contributed by atoms with van der Waals surface area (Å²) >= 11 is 5.60. The molecule has 1 fully saturated rings. The van der Waals surface area contributed by atoms with Crippen LogP contribution in [-0.2, 0) is 11.2 Å². The Kier molecular flexibility index (Phi) is 7.51. The van der Waals surface area contributed by atoms with Crippen molar-refractivity contribution in [2.45, 2.75) is 24.2 Å². The zero-order valence-electron chi connectivity index (χ0n) is 17.7. The minimum Gasteiger partial charge on any atom is -0.465 e. The summed E-state index contributed by atoms with van der Waals surface area (Å²) in [5.41, 5.74) is 5.46. The maximum atomic E-state index is 12.3. The average molecular weight is 504 g/mol. The average Bonchev–Trinajstić information content (AvgIpc) is 2.92. The molecule has 0 atom stereocenters. The van der Waals surface area contributed by atoms with Crippen molar-refractivity contribution in [3.63, 3.8) is 0 Å². The van der Waals surface area contributed by atoms with Gasteiger partial charge in [0.05, 0.1) is 19.3 Å². The van der Waals surface area contributed by atoms with Crippen LogP contribution >= 0.6 is 27.7 Å². The van der Waals surface area contributed by atoms with Crippen LogP contribution in [0.3, 0.4) is 0 Å². The molecule has 2 aliphatic rings. The number of fused-ring (bicyclic) bond motifs is 1. The van der Waals surface area contributed by atoms with E-state index >= 15 is 0 Å². The van der Waals surface area contributed by atoms with Crippen molar-refractivity contribution in [3.05, 3.63) is 69.2 Å². The molecule has 3 nitrogen and oxygen atoms in total. The molecule has 0 unspecified atom stereocenters. The molecule has 2 aromatic rings. The Hall–Kier alpha value is -1.63. The van der Waals surface area contributed by atoms with Crippen molar-refractivity contribution in [1.82, 2.24) is 4.90 Å². The molecule has 0 spiro atoms. The lowest BCUT2D eigenvalue weighted by Gasteiger charge is -2.39. The van der Waals surface area contributed by atoms with E-state index in [1.165, 1.54) is 28.3 Å². The fraction of sp³-hybridized carbons (Fsp3) is 0.400. The summed E-state index contributed by atoms with van der Waals surface area (Å²) in [6, 6.07) is 14.7.